The lowest BCUT2D eigenvalue weighted by atomic mass is 10.2. The van der Waals surface area contributed by atoms with Gasteiger partial charge in [-0.05, 0) is 32.0 Å². The molecule has 0 fully saturated rings. The summed E-state index contributed by atoms with van der Waals surface area (Å²) in [6, 6.07) is 4.52. The molecule has 0 spiro atoms. The molecule has 1 aromatic rings. The summed E-state index contributed by atoms with van der Waals surface area (Å²) in [6.07, 6.45) is 1.56. The minimum Gasteiger partial charge on any atom is -0.395 e. The molecule has 0 atom stereocenters. The topological polar surface area (TPSA) is 153 Å². The van der Waals surface area contributed by atoms with E-state index in [1.54, 1.807) is 34.0 Å². The zero-order valence-corrected chi connectivity index (χ0v) is 15.5. The van der Waals surface area contributed by atoms with Crippen molar-refractivity contribution in [3.8, 4) is 0 Å². The quantitative estimate of drug-likeness (QED) is 0.398. The van der Waals surface area contributed by atoms with Crippen LogP contribution >= 0.6 is 0 Å². The van der Waals surface area contributed by atoms with Crippen LogP contribution in [0.4, 0.5) is 21.9 Å². The van der Waals surface area contributed by atoms with Gasteiger partial charge in [0, 0.05) is 18.8 Å². The summed E-state index contributed by atoms with van der Waals surface area (Å²) in [5.41, 5.74) is 13.4. The average molecular weight is 376 g/mol. The van der Waals surface area contributed by atoms with Crippen molar-refractivity contribution in [3.63, 3.8) is 0 Å². The van der Waals surface area contributed by atoms with E-state index in [4.69, 9.17) is 11.5 Å². The fourth-order valence-corrected chi connectivity index (χ4v) is 2.65. The highest BCUT2D eigenvalue weighted by atomic mass is 16.3. The molecule has 0 radical (unpaired) electrons. The lowest BCUT2D eigenvalue weighted by Crippen LogP contribution is -2.31. The summed E-state index contributed by atoms with van der Waals surface area (Å²) in [5, 5.41) is 25.2. The van der Waals surface area contributed by atoms with Crippen LogP contribution in [-0.2, 0) is 0 Å². The fourth-order valence-electron chi connectivity index (χ4n) is 2.65. The Labute approximate surface area is 157 Å². The number of carbonyl (C=O) groups excluding carboxylic acids is 1. The molecule has 1 heterocycles. The maximum atomic E-state index is 11.4. The van der Waals surface area contributed by atoms with Crippen molar-refractivity contribution in [2.75, 3.05) is 36.5 Å². The summed E-state index contributed by atoms with van der Waals surface area (Å²) in [5.74, 6) is 0.418. The minimum absolute atomic E-state index is 0.0738. The molecule has 0 aliphatic carbocycles. The number of aliphatic hydroxyl groups excluding tert-OH is 2. The average Bonchev–Trinajstić information content (AvgIpc) is 2.96. The molecule has 0 saturated carbocycles. The second kappa shape index (κ2) is 9.10. The number of carbonyl (C=O) groups is 1. The van der Waals surface area contributed by atoms with Crippen LogP contribution in [0.15, 0.2) is 28.3 Å². The van der Waals surface area contributed by atoms with Crippen LogP contribution in [0.25, 0.3) is 0 Å². The van der Waals surface area contributed by atoms with E-state index in [9.17, 15) is 15.0 Å². The first-order chi connectivity index (χ1) is 12.9. The zero-order chi connectivity index (χ0) is 20.0. The third kappa shape index (κ3) is 5.02. The van der Waals surface area contributed by atoms with Crippen LogP contribution in [0.5, 0.6) is 0 Å². The molecule has 1 aliphatic rings. The van der Waals surface area contributed by atoms with Gasteiger partial charge in [0.25, 0.3) is 0 Å². The van der Waals surface area contributed by atoms with Crippen molar-refractivity contribution >= 4 is 40.9 Å². The lowest BCUT2D eigenvalue weighted by molar-refractivity contribution is -0.560. The lowest BCUT2D eigenvalue weighted by Gasteiger charge is -2.24. The van der Waals surface area contributed by atoms with Crippen molar-refractivity contribution in [3.05, 3.63) is 18.2 Å². The second-order valence-corrected chi connectivity index (χ2v) is 6.19. The number of amidine groups is 1. The number of rotatable bonds is 8. The Morgan fingerprint density at radius 3 is 2.52 bits per heavy atom. The van der Waals surface area contributed by atoms with E-state index in [0.29, 0.717) is 41.7 Å². The molecule has 0 aromatic heterocycles. The molecule has 7 N–H and O–H groups in total. The smallest absolute Gasteiger partial charge is 0.321 e. The van der Waals surface area contributed by atoms with Crippen LogP contribution in [0, 0.1) is 0 Å². The number of aliphatic imine (C=N–C) groups is 1. The highest BCUT2D eigenvalue weighted by Gasteiger charge is 2.24. The van der Waals surface area contributed by atoms with Gasteiger partial charge in [-0.15, -0.1) is 4.68 Å². The van der Waals surface area contributed by atoms with Crippen LogP contribution < -0.4 is 21.7 Å². The molecule has 0 saturated heterocycles. The molecule has 0 bridgehead atoms. The van der Waals surface area contributed by atoms with Gasteiger partial charge in [0.15, 0.2) is 5.71 Å². The number of benzene rings is 1. The summed E-state index contributed by atoms with van der Waals surface area (Å²) in [6.45, 7) is 4.44. The number of nitrogens with one attached hydrogen (secondary N) is 1. The van der Waals surface area contributed by atoms with Crippen LogP contribution in [0.2, 0.25) is 0 Å². The Bertz CT molecular complexity index is 781. The van der Waals surface area contributed by atoms with E-state index < -0.39 is 6.03 Å². The monoisotopic (exact) mass is 376 g/mol. The summed E-state index contributed by atoms with van der Waals surface area (Å²) in [4.78, 5) is 17.7. The molecule has 2 amide bonds. The van der Waals surface area contributed by atoms with E-state index in [0.717, 1.165) is 0 Å². The molecule has 10 nitrogen and oxygen atoms in total. The normalized spacial score (nSPS) is 15.1. The first-order valence-corrected chi connectivity index (χ1v) is 8.59. The standard InChI is InChI=1S/C17H25N7O3/c1-11(2)24-16(18)15(10-20-24)21-13-4-3-12(9-14(13)22-17(19)27)23(5-7-25)6-8-26/h3-4,9-11,25-26H,5-8H2,1-2H3,(H4,18,19,20,22,27)/p+1. The highest BCUT2D eigenvalue weighted by Crippen LogP contribution is 2.30. The van der Waals surface area contributed by atoms with Crippen molar-refractivity contribution in [2.24, 2.45) is 21.6 Å². The van der Waals surface area contributed by atoms with Crippen molar-refractivity contribution in [1.82, 2.24) is 0 Å². The number of nitrogens with zero attached hydrogens (tertiary/aromatic N) is 4. The fraction of sp³-hybridized carbons (Fsp3) is 0.412. The third-order valence-corrected chi connectivity index (χ3v) is 3.89. The van der Waals surface area contributed by atoms with Gasteiger partial charge in [-0.25, -0.2) is 9.79 Å². The van der Waals surface area contributed by atoms with E-state index in [-0.39, 0.29) is 19.3 Å². The largest absolute Gasteiger partial charge is 0.395 e. The maximum absolute atomic E-state index is 11.4. The van der Waals surface area contributed by atoms with Gasteiger partial charge in [-0.2, -0.15) is 0 Å². The molecular formula is C17H26N7O3+. The number of hydrogen-bond donors (Lipinski definition) is 5. The van der Waals surface area contributed by atoms with Gasteiger partial charge in [0.05, 0.1) is 24.6 Å². The van der Waals surface area contributed by atoms with Crippen molar-refractivity contribution < 1.29 is 19.7 Å². The van der Waals surface area contributed by atoms with Crippen LogP contribution in [0.1, 0.15) is 13.8 Å². The van der Waals surface area contributed by atoms with Gasteiger partial charge in [-0.3, -0.25) is 5.73 Å². The zero-order valence-electron chi connectivity index (χ0n) is 15.5. The molecule has 27 heavy (non-hydrogen) atoms. The molecular weight excluding hydrogens is 350 g/mol. The summed E-state index contributed by atoms with van der Waals surface area (Å²) < 4.78 is 1.65. The van der Waals surface area contributed by atoms with Crippen molar-refractivity contribution in [1.29, 1.82) is 0 Å². The van der Waals surface area contributed by atoms with E-state index in [1.807, 2.05) is 13.8 Å². The predicted molar refractivity (Wildman–Crippen MR) is 106 cm³/mol. The summed E-state index contributed by atoms with van der Waals surface area (Å²) in [7, 11) is 0. The Morgan fingerprint density at radius 2 is 2.00 bits per heavy atom. The third-order valence-electron chi connectivity index (χ3n) is 3.89. The number of urea groups is 1. The van der Waals surface area contributed by atoms with Crippen LogP contribution in [-0.4, -0.2) is 71.0 Å². The Balaban J connectivity index is 2.43. The van der Waals surface area contributed by atoms with E-state index in [2.05, 4.69) is 15.4 Å². The molecule has 1 aromatic carbocycles. The van der Waals surface area contributed by atoms with E-state index in [1.165, 1.54) is 0 Å². The van der Waals surface area contributed by atoms with Crippen molar-refractivity contribution in [2.45, 2.75) is 19.9 Å². The first kappa shape index (κ1) is 20.3. The maximum Gasteiger partial charge on any atom is 0.321 e. The Kier molecular flexibility index (Phi) is 6.85. The molecule has 10 heteroatoms. The number of nitrogens with two attached hydrogens (primary N) is 2. The van der Waals surface area contributed by atoms with Gasteiger partial charge < -0.3 is 26.2 Å². The van der Waals surface area contributed by atoms with Gasteiger partial charge in [-0.1, -0.05) is 5.10 Å². The van der Waals surface area contributed by atoms with E-state index >= 15 is 0 Å². The number of amides is 2. The molecule has 0 unspecified atom stereocenters. The number of anilines is 2. The highest BCUT2D eigenvalue weighted by molar-refractivity contribution is 6.62. The SMILES string of the molecule is CC(C)[N+]1=C(N)C(=Nc2ccc(N(CCO)CCO)cc2NC(N)=O)C=N1. The molecule has 146 valence electrons. The predicted octanol–water partition coefficient (Wildman–Crippen LogP) is -0.182. The van der Waals surface area contributed by atoms with Gasteiger partial charge in [0.2, 0.25) is 0 Å². The number of primary amides is 1. The number of aliphatic hydroxyl groups is 2. The van der Waals surface area contributed by atoms with Gasteiger partial charge >= 0.3 is 11.9 Å². The summed E-state index contributed by atoms with van der Waals surface area (Å²) >= 11 is 0. The number of hydrazone groups is 1. The number of hydrogen-bond acceptors (Lipinski definition) is 7. The second-order valence-electron chi connectivity index (χ2n) is 6.19. The molecule has 2 rings (SSSR count). The Hall–Kier alpha value is -2.98. The van der Waals surface area contributed by atoms with Crippen LogP contribution in [0.3, 0.4) is 0 Å². The Morgan fingerprint density at radius 1 is 1.33 bits per heavy atom. The minimum atomic E-state index is -0.731. The van der Waals surface area contributed by atoms with Gasteiger partial charge in [0.1, 0.15) is 12.3 Å². The molecule has 1 aliphatic heterocycles. The first-order valence-electron chi connectivity index (χ1n) is 8.59.